The summed E-state index contributed by atoms with van der Waals surface area (Å²) in [7, 11) is 0. The molecular formula is C24H23NO4. The quantitative estimate of drug-likeness (QED) is 0.334. The van der Waals surface area contributed by atoms with Crippen LogP contribution in [0.4, 0.5) is 0 Å². The van der Waals surface area contributed by atoms with E-state index in [1.807, 2.05) is 37.3 Å². The molecule has 1 amide bonds. The van der Waals surface area contributed by atoms with Crippen LogP contribution in [0.25, 0.3) is 5.76 Å². The van der Waals surface area contributed by atoms with Gasteiger partial charge in [-0.1, -0.05) is 49.1 Å². The van der Waals surface area contributed by atoms with Crippen LogP contribution in [0.5, 0.6) is 5.75 Å². The Morgan fingerprint density at radius 1 is 1.14 bits per heavy atom. The van der Waals surface area contributed by atoms with Gasteiger partial charge in [-0.05, 0) is 36.2 Å². The van der Waals surface area contributed by atoms with Gasteiger partial charge >= 0.3 is 0 Å². The molecule has 148 valence electrons. The number of aliphatic hydroxyl groups excluding tert-OH is 1. The zero-order valence-electron chi connectivity index (χ0n) is 16.3. The highest BCUT2D eigenvalue weighted by Gasteiger charge is 2.45. The third kappa shape index (κ3) is 3.85. The predicted octanol–water partition coefficient (Wildman–Crippen LogP) is 4.17. The fraction of sp³-hybridized carbons (Fsp3) is 0.167. The number of aryl methyl sites for hydroxylation is 1. The zero-order valence-corrected chi connectivity index (χ0v) is 16.3. The molecule has 1 heterocycles. The van der Waals surface area contributed by atoms with Gasteiger partial charge in [0.2, 0.25) is 0 Å². The van der Waals surface area contributed by atoms with Crippen LogP contribution in [-0.2, 0) is 9.59 Å². The van der Waals surface area contributed by atoms with E-state index < -0.39 is 17.7 Å². The molecule has 1 aliphatic heterocycles. The minimum Gasteiger partial charge on any atom is -0.507 e. The number of rotatable bonds is 7. The predicted molar refractivity (Wildman–Crippen MR) is 113 cm³/mol. The summed E-state index contributed by atoms with van der Waals surface area (Å²) in [5, 5.41) is 11.1. The topological polar surface area (TPSA) is 66.8 Å². The van der Waals surface area contributed by atoms with E-state index in [9.17, 15) is 14.7 Å². The van der Waals surface area contributed by atoms with Crippen molar-refractivity contribution in [3.8, 4) is 5.75 Å². The summed E-state index contributed by atoms with van der Waals surface area (Å²) in [6.45, 7) is 9.68. The monoisotopic (exact) mass is 389 g/mol. The third-order valence-electron chi connectivity index (χ3n) is 4.80. The molecule has 5 heteroatoms. The first-order valence-corrected chi connectivity index (χ1v) is 9.28. The van der Waals surface area contributed by atoms with Crippen molar-refractivity contribution >= 4 is 17.4 Å². The lowest BCUT2D eigenvalue weighted by molar-refractivity contribution is -0.139. The molecule has 1 fully saturated rings. The molecule has 2 aromatic carbocycles. The second kappa shape index (κ2) is 8.61. The number of carbonyl (C=O) groups is 2. The van der Waals surface area contributed by atoms with Crippen LogP contribution in [0.1, 0.15) is 22.7 Å². The molecule has 0 aliphatic carbocycles. The molecule has 0 unspecified atom stereocenters. The number of likely N-dealkylation sites (tertiary alicyclic amines) is 1. The van der Waals surface area contributed by atoms with Gasteiger partial charge in [-0.3, -0.25) is 9.59 Å². The number of aliphatic hydroxyl groups is 1. The Hall–Kier alpha value is -3.60. The van der Waals surface area contributed by atoms with Crippen LogP contribution in [0.15, 0.2) is 79.4 Å². The molecule has 1 N–H and O–H groups in total. The van der Waals surface area contributed by atoms with Gasteiger partial charge < -0.3 is 14.7 Å². The second-order valence-corrected chi connectivity index (χ2v) is 6.73. The van der Waals surface area contributed by atoms with Gasteiger partial charge in [0, 0.05) is 12.1 Å². The number of ketones is 1. The fourth-order valence-corrected chi connectivity index (χ4v) is 3.48. The van der Waals surface area contributed by atoms with Crippen molar-refractivity contribution in [2.75, 3.05) is 13.2 Å². The van der Waals surface area contributed by atoms with Gasteiger partial charge in [-0.2, -0.15) is 0 Å². The largest absolute Gasteiger partial charge is 0.507 e. The summed E-state index contributed by atoms with van der Waals surface area (Å²) in [5.74, 6) is -0.921. The number of nitrogens with zero attached hydrogens (tertiary/aromatic N) is 1. The standard InChI is InChI=1S/C24H23NO4/c1-4-13-25-21(17-9-7-6-8-10-17)20(23(27)24(25)28)22(26)19-12-11-18(15-16(19)3)29-14-5-2/h4-12,15,21,26H,1-2,13-14H2,3H3/t21-/m0/s1. The number of hydrogen-bond donors (Lipinski definition) is 1. The minimum absolute atomic E-state index is 0.0749. The maximum absolute atomic E-state index is 12.8. The molecule has 1 aliphatic rings. The van der Waals surface area contributed by atoms with E-state index in [2.05, 4.69) is 13.2 Å². The van der Waals surface area contributed by atoms with E-state index >= 15 is 0 Å². The van der Waals surface area contributed by atoms with Crippen molar-refractivity contribution in [2.45, 2.75) is 13.0 Å². The first kappa shape index (κ1) is 20.1. The lowest BCUT2D eigenvalue weighted by atomic mass is 9.94. The van der Waals surface area contributed by atoms with Crippen molar-refractivity contribution in [1.29, 1.82) is 0 Å². The maximum atomic E-state index is 12.8. The Morgan fingerprint density at radius 3 is 2.48 bits per heavy atom. The lowest BCUT2D eigenvalue weighted by Crippen LogP contribution is -2.29. The summed E-state index contributed by atoms with van der Waals surface area (Å²) in [6, 6.07) is 13.7. The number of ether oxygens (including phenoxy) is 1. The zero-order chi connectivity index (χ0) is 21.0. The van der Waals surface area contributed by atoms with E-state index in [1.165, 1.54) is 4.90 Å². The molecule has 0 saturated carbocycles. The first-order chi connectivity index (χ1) is 14.0. The molecule has 3 rings (SSSR count). The van der Waals surface area contributed by atoms with Gasteiger partial charge in [0.25, 0.3) is 11.7 Å². The van der Waals surface area contributed by atoms with E-state index in [-0.39, 0.29) is 17.9 Å². The molecule has 1 atom stereocenters. The number of benzene rings is 2. The van der Waals surface area contributed by atoms with Crippen LogP contribution in [0.2, 0.25) is 0 Å². The Labute approximate surface area is 170 Å². The van der Waals surface area contributed by atoms with Gasteiger partial charge in [-0.15, -0.1) is 6.58 Å². The molecule has 0 aromatic heterocycles. The number of hydrogen-bond acceptors (Lipinski definition) is 4. The van der Waals surface area contributed by atoms with Crippen LogP contribution in [0.3, 0.4) is 0 Å². The van der Waals surface area contributed by atoms with Gasteiger partial charge in [0.05, 0.1) is 11.6 Å². The summed E-state index contributed by atoms with van der Waals surface area (Å²) >= 11 is 0. The van der Waals surface area contributed by atoms with E-state index in [0.717, 1.165) is 11.1 Å². The molecule has 0 radical (unpaired) electrons. The number of amides is 1. The Balaban J connectivity index is 2.13. The lowest BCUT2D eigenvalue weighted by Gasteiger charge is -2.24. The highest BCUT2D eigenvalue weighted by atomic mass is 16.5. The second-order valence-electron chi connectivity index (χ2n) is 6.73. The van der Waals surface area contributed by atoms with Crippen molar-refractivity contribution in [3.05, 3.63) is 96.1 Å². The molecule has 0 bridgehead atoms. The summed E-state index contributed by atoms with van der Waals surface area (Å²) in [4.78, 5) is 26.9. The normalized spacial score (nSPS) is 18.0. The Kier molecular flexibility index (Phi) is 5.98. The van der Waals surface area contributed by atoms with E-state index in [0.29, 0.717) is 17.9 Å². The Morgan fingerprint density at radius 2 is 1.86 bits per heavy atom. The number of carbonyl (C=O) groups excluding carboxylic acids is 2. The van der Waals surface area contributed by atoms with E-state index in [1.54, 1.807) is 30.4 Å². The van der Waals surface area contributed by atoms with Gasteiger partial charge in [-0.25, -0.2) is 0 Å². The van der Waals surface area contributed by atoms with Crippen molar-refractivity contribution in [3.63, 3.8) is 0 Å². The van der Waals surface area contributed by atoms with Crippen molar-refractivity contribution in [2.24, 2.45) is 0 Å². The van der Waals surface area contributed by atoms with Gasteiger partial charge in [0.15, 0.2) is 0 Å². The highest BCUT2D eigenvalue weighted by Crippen LogP contribution is 2.39. The van der Waals surface area contributed by atoms with Crippen molar-refractivity contribution < 1.29 is 19.4 Å². The molecule has 5 nitrogen and oxygen atoms in total. The molecule has 2 aromatic rings. The average molecular weight is 389 g/mol. The molecular weight excluding hydrogens is 366 g/mol. The molecule has 1 saturated heterocycles. The SMILES string of the molecule is C=CCOc1ccc(C(O)=C2C(=O)C(=O)N(CC=C)[C@H]2c2ccccc2)c(C)c1. The summed E-state index contributed by atoms with van der Waals surface area (Å²) < 4.78 is 5.52. The summed E-state index contributed by atoms with van der Waals surface area (Å²) in [5.41, 5.74) is 2.03. The van der Waals surface area contributed by atoms with Gasteiger partial charge in [0.1, 0.15) is 18.1 Å². The summed E-state index contributed by atoms with van der Waals surface area (Å²) in [6.07, 6.45) is 3.21. The maximum Gasteiger partial charge on any atom is 0.295 e. The highest BCUT2D eigenvalue weighted by molar-refractivity contribution is 6.46. The third-order valence-corrected chi connectivity index (χ3v) is 4.80. The average Bonchev–Trinajstić information content (AvgIpc) is 2.98. The van der Waals surface area contributed by atoms with Crippen LogP contribution < -0.4 is 4.74 Å². The van der Waals surface area contributed by atoms with E-state index in [4.69, 9.17) is 4.74 Å². The molecule has 29 heavy (non-hydrogen) atoms. The minimum atomic E-state index is -0.704. The fourth-order valence-electron chi connectivity index (χ4n) is 3.48. The van der Waals surface area contributed by atoms with Crippen LogP contribution in [-0.4, -0.2) is 34.8 Å². The van der Waals surface area contributed by atoms with Crippen molar-refractivity contribution in [1.82, 2.24) is 4.90 Å². The van der Waals surface area contributed by atoms with Crippen LogP contribution in [0, 0.1) is 6.92 Å². The van der Waals surface area contributed by atoms with Crippen LogP contribution >= 0.6 is 0 Å². The number of Topliss-reactive ketones (excluding diaryl/α,β-unsaturated/α-hetero) is 1. The smallest absolute Gasteiger partial charge is 0.295 e. The Bertz CT molecular complexity index is 991. The first-order valence-electron chi connectivity index (χ1n) is 9.28. The molecule has 0 spiro atoms.